The quantitative estimate of drug-likeness (QED) is 0.631. The van der Waals surface area contributed by atoms with Gasteiger partial charge in [0, 0.05) is 4.47 Å². The van der Waals surface area contributed by atoms with Crippen LogP contribution < -0.4 is 4.74 Å². The predicted octanol–water partition coefficient (Wildman–Crippen LogP) is 2.57. The van der Waals surface area contributed by atoms with Crippen LogP contribution in [0.2, 0.25) is 0 Å². The summed E-state index contributed by atoms with van der Waals surface area (Å²) in [4.78, 5) is 11.3. The Labute approximate surface area is 101 Å². The van der Waals surface area contributed by atoms with Gasteiger partial charge >= 0.3 is 0 Å². The lowest BCUT2D eigenvalue weighted by Gasteiger charge is -2.10. The fraction of sp³-hybridized carbons (Fsp3) is 0.364. The van der Waals surface area contributed by atoms with Crippen molar-refractivity contribution in [2.75, 3.05) is 13.2 Å². The first-order valence-corrected chi connectivity index (χ1v) is 5.61. The van der Waals surface area contributed by atoms with Gasteiger partial charge in [0.05, 0.1) is 12.2 Å². The third-order valence-corrected chi connectivity index (χ3v) is 2.66. The molecule has 1 aliphatic rings. The second-order valence-electron chi connectivity index (χ2n) is 3.59. The summed E-state index contributed by atoms with van der Waals surface area (Å²) < 4.78 is 24.3. The highest BCUT2D eigenvalue weighted by Gasteiger charge is 2.25. The van der Waals surface area contributed by atoms with Crippen LogP contribution in [0.5, 0.6) is 5.75 Å². The molecule has 1 heterocycles. The number of hydrogen-bond acceptors (Lipinski definition) is 3. The van der Waals surface area contributed by atoms with Crippen molar-refractivity contribution >= 4 is 21.7 Å². The van der Waals surface area contributed by atoms with Gasteiger partial charge in [-0.3, -0.25) is 4.79 Å². The second kappa shape index (κ2) is 4.51. The predicted molar refractivity (Wildman–Crippen MR) is 59.3 cm³/mol. The van der Waals surface area contributed by atoms with Crippen LogP contribution >= 0.6 is 15.9 Å². The van der Waals surface area contributed by atoms with Crippen molar-refractivity contribution < 1.29 is 18.7 Å². The zero-order valence-corrected chi connectivity index (χ0v) is 10.2. The summed E-state index contributed by atoms with van der Waals surface area (Å²) in [6.07, 6.45) is 0.0304. The van der Waals surface area contributed by atoms with Gasteiger partial charge in [-0.1, -0.05) is 15.9 Å². The Morgan fingerprint density at radius 1 is 1.69 bits per heavy atom. The summed E-state index contributed by atoms with van der Waals surface area (Å²) in [5.74, 6) is -0.765. The average molecular weight is 289 g/mol. The molecular weight excluding hydrogens is 279 g/mol. The van der Waals surface area contributed by atoms with Crippen LogP contribution in [-0.2, 0) is 4.74 Å². The van der Waals surface area contributed by atoms with Crippen molar-refractivity contribution in [2.45, 2.75) is 13.0 Å². The number of carbonyl (C=O) groups is 1. The topological polar surface area (TPSA) is 38.8 Å². The molecule has 0 aromatic heterocycles. The van der Waals surface area contributed by atoms with Gasteiger partial charge in [-0.15, -0.1) is 0 Å². The Balaban J connectivity index is 2.27. The lowest BCUT2D eigenvalue weighted by Crippen LogP contribution is -2.09. The number of hydrogen-bond donors (Lipinski definition) is 0. The molecule has 16 heavy (non-hydrogen) atoms. The van der Waals surface area contributed by atoms with Crippen LogP contribution in [0.4, 0.5) is 4.39 Å². The molecule has 1 aromatic rings. The normalized spacial score (nSPS) is 18.3. The molecule has 1 aliphatic heterocycles. The molecule has 0 unspecified atom stereocenters. The molecule has 86 valence electrons. The fourth-order valence-corrected chi connectivity index (χ4v) is 1.74. The molecule has 0 radical (unpaired) electrons. The SMILES string of the molecule is CC(=O)c1cc(Br)cc(F)c1OC[C@H]1CO1. The molecule has 0 spiro atoms. The fourth-order valence-electron chi connectivity index (χ4n) is 1.31. The lowest BCUT2D eigenvalue weighted by atomic mass is 10.1. The van der Waals surface area contributed by atoms with E-state index in [9.17, 15) is 9.18 Å². The molecule has 1 saturated heterocycles. The molecule has 0 aliphatic carbocycles. The number of ether oxygens (including phenoxy) is 2. The van der Waals surface area contributed by atoms with E-state index in [1.807, 2.05) is 0 Å². The van der Waals surface area contributed by atoms with E-state index in [-0.39, 0.29) is 29.8 Å². The van der Waals surface area contributed by atoms with E-state index in [2.05, 4.69) is 15.9 Å². The van der Waals surface area contributed by atoms with Crippen LogP contribution in [0.25, 0.3) is 0 Å². The van der Waals surface area contributed by atoms with Crippen molar-refractivity contribution in [2.24, 2.45) is 0 Å². The number of ketones is 1. The van der Waals surface area contributed by atoms with Gasteiger partial charge in [0.1, 0.15) is 12.7 Å². The summed E-state index contributed by atoms with van der Waals surface area (Å²) in [6, 6.07) is 2.82. The molecule has 5 heteroatoms. The van der Waals surface area contributed by atoms with E-state index in [1.54, 1.807) is 6.07 Å². The first-order valence-electron chi connectivity index (χ1n) is 4.82. The molecule has 0 N–H and O–H groups in total. The number of Topliss-reactive ketones (excluding diaryl/α,β-unsaturated/α-hetero) is 1. The summed E-state index contributed by atoms with van der Waals surface area (Å²) in [7, 11) is 0. The maximum absolute atomic E-state index is 13.6. The van der Waals surface area contributed by atoms with Crippen molar-refractivity contribution in [1.82, 2.24) is 0 Å². The van der Waals surface area contributed by atoms with Gasteiger partial charge in [-0.2, -0.15) is 0 Å². The third-order valence-electron chi connectivity index (χ3n) is 2.20. The Morgan fingerprint density at radius 3 is 2.94 bits per heavy atom. The van der Waals surface area contributed by atoms with Gasteiger partial charge in [0.2, 0.25) is 0 Å². The number of benzene rings is 1. The van der Waals surface area contributed by atoms with E-state index >= 15 is 0 Å². The number of halogens is 2. The Bertz CT molecular complexity index is 429. The van der Waals surface area contributed by atoms with E-state index in [0.717, 1.165) is 0 Å². The molecule has 2 rings (SSSR count). The molecule has 1 fully saturated rings. The number of rotatable bonds is 4. The number of carbonyl (C=O) groups excluding carboxylic acids is 1. The molecule has 0 bridgehead atoms. The Hall–Kier alpha value is -0.940. The van der Waals surface area contributed by atoms with Crippen LogP contribution in [0.1, 0.15) is 17.3 Å². The molecule has 1 aromatic carbocycles. The summed E-state index contributed by atoms with van der Waals surface area (Å²) in [5.41, 5.74) is 0.243. The van der Waals surface area contributed by atoms with E-state index in [4.69, 9.17) is 9.47 Å². The van der Waals surface area contributed by atoms with E-state index in [0.29, 0.717) is 11.1 Å². The lowest BCUT2D eigenvalue weighted by molar-refractivity contribution is 0.101. The average Bonchev–Trinajstić information content (AvgIpc) is 2.98. The summed E-state index contributed by atoms with van der Waals surface area (Å²) in [5, 5.41) is 0. The molecule has 0 amide bonds. The summed E-state index contributed by atoms with van der Waals surface area (Å²) in [6.45, 7) is 2.29. The van der Waals surface area contributed by atoms with Gasteiger partial charge in [0.15, 0.2) is 17.3 Å². The second-order valence-corrected chi connectivity index (χ2v) is 4.50. The van der Waals surface area contributed by atoms with Crippen LogP contribution in [-0.4, -0.2) is 25.1 Å². The first kappa shape index (κ1) is 11.5. The minimum absolute atomic E-state index is 0.00574. The van der Waals surface area contributed by atoms with Crippen LogP contribution in [0, 0.1) is 5.82 Å². The minimum Gasteiger partial charge on any atom is -0.487 e. The number of epoxide rings is 1. The smallest absolute Gasteiger partial charge is 0.166 e. The van der Waals surface area contributed by atoms with Gasteiger partial charge in [-0.05, 0) is 19.1 Å². The zero-order valence-electron chi connectivity index (χ0n) is 8.63. The van der Waals surface area contributed by atoms with Gasteiger partial charge < -0.3 is 9.47 Å². The third kappa shape index (κ3) is 2.59. The maximum atomic E-state index is 13.6. The highest BCUT2D eigenvalue weighted by atomic mass is 79.9. The molecule has 0 saturated carbocycles. The maximum Gasteiger partial charge on any atom is 0.166 e. The van der Waals surface area contributed by atoms with Crippen molar-refractivity contribution in [1.29, 1.82) is 0 Å². The Kier molecular flexibility index (Phi) is 3.25. The minimum atomic E-state index is -0.541. The molecule has 3 nitrogen and oxygen atoms in total. The van der Waals surface area contributed by atoms with Gasteiger partial charge in [-0.25, -0.2) is 4.39 Å². The monoisotopic (exact) mass is 288 g/mol. The Morgan fingerprint density at radius 2 is 2.38 bits per heavy atom. The van der Waals surface area contributed by atoms with Crippen LogP contribution in [0.15, 0.2) is 16.6 Å². The van der Waals surface area contributed by atoms with E-state index < -0.39 is 5.82 Å². The summed E-state index contributed by atoms with van der Waals surface area (Å²) >= 11 is 3.14. The zero-order chi connectivity index (χ0) is 11.7. The van der Waals surface area contributed by atoms with Crippen molar-refractivity contribution in [3.05, 3.63) is 28.0 Å². The largest absolute Gasteiger partial charge is 0.487 e. The standard InChI is InChI=1S/C11H10BrFO3/c1-6(14)9-2-7(12)3-10(13)11(9)16-5-8-4-15-8/h2-3,8H,4-5H2,1H3/t8-/m1/s1. The van der Waals surface area contributed by atoms with Crippen LogP contribution in [0.3, 0.4) is 0 Å². The van der Waals surface area contributed by atoms with Crippen molar-refractivity contribution in [3.8, 4) is 5.75 Å². The van der Waals surface area contributed by atoms with Gasteiger partial charge in [0.25, 0.3) is 0 Å². The van der Waals surface area contributed by atoms with Crippen molar-refractivity contribution in [3.63, 3.8) is 0 Å². The molecule has 1 atom stereocenters. The highest BCUT2D eigenvalue weighted by Crippen LogP contribution is 2.28. The molecular formula is C11H10BrFO3. The highest BCUT2D eigenvalue weighted by molar-refractivity contribution is 9.10. The first-order chi connectivity index (χ1) is 7.58. The van der Waals surface area contributed by atoms with E-state index in [1.165, 1.54) is 13.0 Å².